The lowest BCUT2D eigenvalue weighted by atomic mass is 10.2. The molecule has 0 saturated carbocycles. The molecule has 0 spiro atoms. The van der Waals surface area contributed by atoms with Gasteiger partial charge >= 0.3 is 5.97 Å². The summed E-state index contributed by atoms with van der Waals surface area (Å²) in [7, 11) is 0. The Morgan fingerprint density at radius 1 is 1.17 bits per heavy atom. The quantitative estimate of drug-likeness (QED) is 0.333. The lowest BCUT2D eigenvalue weighted by Gasteiger charge is -2.07. The number of ether oxygens (including phenoxy) is 3. The Hall–Kier alpha value is -3.95. The van der Waals surface area contributed by atoms with Gasteiger partial charge in [0.05, 0.1) is 23.8 Å². The fraction of sp³-hybridized carbons (Fsp3) is 0.200. The molecule has 2 aromatic carbocycles. The zero-order valence-corrected chi connectivity index (χ0v) is 15.6. The van der Waals surface area contributed by atoms with Crippen LogP contribution in [0.1, 0.15) is 12.0 Å². The van der Waals surface area contributed by atoms with Gasteiger partial charge in [-0.2, -0.15) is 0 Å². The maximum absolute atomic E-state index is 13.7. The first-order valence-electron chi connectivity index (χ1n) is 8.90. The molecule has 1 amide bonds. The number of hydrogen-bond donors (Lipinski definition) is 1. The molecule has 0 saturated heterocycles. The second-order valence-electron chi connectivity index (χ2n) is 6.17. The van der Waals surface area contributed by atoms with Crippen LogP contribution in [0.2, 0.25) is 0 Å². The van der Waals surface area contributed by atoms with Gasteiger partial charge in [-0.25, -0.2) is 9.18 Å². The number of amides is 1. The van der Waals surface area contributed by atoms with E-state index in [4.69, 9.17) is 14.2 Å². The van der Waals surface area contributed by atoms with Crippen molar-refractivity contribution in [3.63, 3.8) is 0 Å². The zero-order chi connectivity index (χ0) is 21.5. The van der Waals surface area contributed by atoms with E-state index in [1.807, 2.05) is 0 Å². The van der Waals surface area contributed by atoms with E-state index in [2.05, 4.69) is 5.32 Å². The van der Waals surface area contributed by atoms with Gasteiger partial charge < -0.3 is 19.5 Å². The molecule has 0 fully saturated rings. The van der Waals surface area contributed by atoms with Crippen LogP contribution >= 0.6 is 0 Å². The van der Waals surface area contributed by atoms with Crippen molar-refractivity contribution in [3.05, 3.63) is 64.0 Å². The summed E-state index contributed by atoms with van der Waals surface area (Å²) in [6.07, 6.45) is 3.38. The van der Waals surface area contributed by atoms with Gasteiger partial charge in [-0.3, -0.25) is 14.9 Å². The molecule has 1 heterocycles. The van der Waals surface area contributed by atoms with E-state index in [9.17, 15) is 24.1 Å². The van der Waals surface area contributed by atoms with E-state index >= 15 is 0 Å². The second-order valence-corrected chi connectivity index (χ2v) is 6.17. The normalized spacial score (nSPS) is 12.8. The molecule has 30 heavy (non-hydrogen) atoms. The van der Waals surface area contributed by atoms with Crippen LogP contribution in [-0.2, 0) is 14.3 Å². The molecule has 0 unspecified atom stereocenters. The number of non-ortho nitro benzene ring substituents is 1. The Bertz CT molecular complexity index is 1010. The number of carbonyl (C=O) groups excluding carboxylic acids is 2. The summed E-state index contributed by atoms with van der Waals surface area (Å²) in [4.78, 5) is 33.7. The molecule has 1 N–H and O–H groups in total. The Morgan fingerprint density at radius 2 is 1.93 bits per heavy atom. The minimum Gasteiger partial charge on any atom is -0.490 e. The molecule has 0 aliphatic carbocycles. The predicted octanol–water partition coefficient (Wildman–Crippen LogP) is 3.09. The van der Waals surface area contributed by atoms with Crippen LogP contribution in [-0.4, -0.2) is 36.6 Å². The highest BCUT2D eigenvalue weighted by molar-refractivity contribution is 5.95. The average molecular weight is 416 g/mol. The number of nitrogens with zero attached hydrogens (tertiary/aromatic N) is 1. The monoisotopic (exact) mass is 416 g/mol. The number of benzene rings is 2. The Kier molecular flexibility index (Phi) is 6.58. The van der Waals surface area contributed by atoms with Gasteiger partial charge in [0, 0.05) is 24.6 Å². The molecule has 0 radical (unpaired) electrons. The van der Waals surface area contributed by atoms with Gasteiger partial charge in [-0.05, 0) is 29.8 Å². The fourth-order valence-electron chi connectivity index (χ4n) is 2.54. The summed E-state index contributed by atoms with van der Waals surface area (Å²) in [5.41, 5.74) is -0.103. The second kappa shape index (κ2) is 9.50. The number of halogens is 1. The van der Waals surface area contributed by atoms with Gasteiger partial charge in [0.25, 0.3) is 11.6 Å². The molecule has 156 valence electrons. The summed E-state index contributed by atoms with van der Waals surface area (Å²) in [5.74, 6) is -1.29. The fourth-order valence-corrected chi connectivity index (χ4v) is 2.54. The van der Waals surface area contributed by atoms with Gasteiger partial charge in [0.15, 0.2) is 18.1 Å². The standard InChI is InChI=1S/C20H17FN2O7/c21-15-5-4-14(23(26)27)11-16(15)22-19(24)12-30-20(25)7-3-13-2-6-17-18(10-13)29-9-1-8-28-17/h2-7,10-11H,1,8-9,12H2,(H,22,24)/b7-3+. The molecular formula is C20H17FN2O7. The van der Waals surface area contributed by atoms with E-state index in [0.717, 1.165) is 30.7 Å². The van der Waals surface area contributed by atoms with Crippen molar-refractivity contribution in [3.8, 4) is 11.5 Å². The highest BCUT2D eigenvalue weighted by Gasteiger charge is 2.14. The van der Waals surface area contributed by atoms with Crippen molar-refractivity contribution in [2.75, 3.05) is 25.1 Å². The number of anilines is 1. The number of nitro groups is 1. The van der Waals surface area contributed by atoms with Crippen molar-refractivity contribution in [2.45, 2.75) is 6.42 Å². The van der Waals surface area contributed by atoms with Gasteiger partial charge in [0.2, 0.25) is 0 Å². The lowest BCUT2D eigenvalue weighted by molar-refractivity contribution is -0.384. The molecule has 1 aliphatic heterocycles. The Balaban J connectivity index is 1.53. The molecule has 9 nitrogen and oxygen atoms in total. The summed E-state index contributed by atoms with van der Waals surface area (Å²) in [6, 6.07) is 7.87. The highest BCUT2D eigenvalue weighted by atomic mass is 19.1. The first-order chi connectivity index (χ1) is 14.4. The van der Waals surface area contributed by atoms with Crippen LogP contribution in [0.15, 0.2) is 42.5 Å². The van der Waals surface area contributed by atoms with Crippen LogP contribution in [0.25, 0.3) is 6.08 Å². The Labute approximate surface area is 170 Å². The third-order valence-corrected chi connectivity index (χ3v) is 3.96. The van der Waals surface area contributed by atoms with E-state index in [-0.39, 0.29) is 11.4 Å². The topological polar surface area (TPSA) is 117 Å². The molecule has 0 atom stereocenters. The van der Waals surface area contributed by atoms with Crippen LogP contribution in [0.5, 0.6) is 11.5 Å². The molecule has 2 aromatic rings. The van der Waals surface area contributed by atoms with E-state index in [0.29, 0.717) is 30.3 Å². The zero-order valence-electron chi connectivity index (χ0n) is 15.6. The number of esters is 1. The minimum absolute atomic E-state index is 0.381. The van der Waals surface area contributed by atoms with E-state index in [1.165, 1.54) is 6.08 Å². The summed E-state index contributed by atoms with van der Waals surface area (Å²) in [6.45, 7) is 0.408. The summed E-state index contributed by atoms with van der Waals surface area (Å²) < 4.78 is 29.6. The Morgan fingerprint density at radius 3 is 2.70 bits per heavy atom. The number of nitrogens with one attached hydrogen (secondary N) is 1. The summed E-state index contributed by atoms with van der Waals surface area (Å²) in [5, 5.41) is 12.9. The lowest BCUT2D eigenvalue weighted by Crippen LogP contribution is -2.20. The molecular weight excluding hydrogens is 399 g/mol. The first-order valence-corrected chi connectivity index (χ1v) is 8.90. The molecule has 0 aromatic heterocycles. The number of fused-ring (bicyclic) bond motifs is 1. The van der Waals surface area contributed by atoms with Gasteiger partial charge in [-0.1, -0.05) is 6.07 Å². The van der Waals surface area contributed by atoms with Crippen molar-refractivity contribution in [1.29, 1.82) is 0 Å². The third-order valence-electron chi connectivity index (χ3n) is 3.96. The maximum atomic E-state index is 13.7. The van der Waals surface area contributed by atoms with Crippen LogP contribution < -0.4 is 14.8 Å². The maximum Gasteiger partial charge on any atom is 0.331 e. The minimum atomic E-state index is -0.852. The van der Waals surface area contributed by atoms with Crippen molar-refractivity contribution >= 4 is 29.3 Å². The smallest absolute Gasteiger partial charge is 0.331 e. The molecule has 0 bridgehead atoms. The molecule has 10 heteroatoms. The van der Waals surface area contributed by atoms with Crippen LogP contribution in [0, 0.1) is 15.9 Å². The SMILES string of the molecule is O=C(COC(=O)/C=C/c1ccc2c(c1)OCCCO2)Nc1cc([N+](=O)[O-])ccc1F. The van der Waals surface area contributed by atoms with Crippen molar-refractivity contribution < 1.29 is 33.1 Å². The van der Waals surface area contributed by atoms with E-state index < -0.39 is 29.2 Å². The first kappa shape index (κ1) is 20.8. The average Bonchev–Trinajstić information content (AvgIpc) is 2.97. The van der Waals surface area contributed by atoms with Gasteiger partial charge in [0.1, 0.15) is 5.82 Å². The van der Waals surface area contributed by atoms with Crippen LogP contribution in [0.3, 0.4) is 0 Å². The van der Waals surface area contributed by atoms with Crippen molar-refractivity contribution in [1.82, 2.24) is 0 Å². The number of carbonyl (C=O) groups is 2. The number of nitro benzene ring substituents is 1. The largest absolute Gasteiger partial charge is 0.490 e. The van der Waals surface area contributed by atoms with Gasteiger partial charge in [-0.15, -0.1) is 0 Å². The molecule has 1 aliphatic rings. The van der Waals surface area contributed by atoms with Crippen molar-refractivity contribution in [2.24, 2.45) is 0 Å². The predicted molar refractivity (Wildman–Crippen MR) is 104 cm³/mol. The highest BCUT2D eigenvalue weighted by Crippen LogP contribution is 2.30. The third kappa shape index (κ3) is 5.53. The number of hydrogen-bond acceptors (Lipinski definition) is 7. The number of rotatable bonds is 6. The van der Waals surface area contributed by atoms with Crippen LogP contribution in [0.4, 0.5) is 15.8 Å². The van der Waals surface area contributed by atoms with E-state index in [1.54, 1.807) is 18.2 Å². The molecule has 3 rings (SSSR count). The summed E-state index contributed by atoms with van der Waals surface area (Å²) >= 11 is 0.